The number of amides is 2. The molecule has 6 heteroatoms. The third-order valence-corrected chi connectivity index (χ3v) is 7.55. The summed E-state index contributed by atoms with van der Waals surface area (Å²) in [6, 6.07) is 16.1. The molecule has 3 aromatic rings. The van der Waals surface area contributed by atoms with Crippen molar-refractivity contribution >= 4 is 22.7 Å². The summed E-state index contributed by atoms with van der Waals surface area (Å²) in [4.78, 5) is 37.9. The molecule has 2 aliphatic rings. The Morgan fingerprint density at radius 2 is 1.57 bits per heavy atom. The number of aryl methyl sites for hydroxylation is 2. The summed E-state index contributed by atoms with van der Waals surface area (Å²) in [5, 5.41) is 0.877. The number of para-hydroxylation sites is 1. The lowest BCUT2D eigenvalue weighted by Gasteiger charge is -2.37. The first kappa shape index (κ1) is 23.5. The zero-order valence-corrected chi connectivity index (χ0v) is 21.0. The van der Waals surface area contributed by atoms with Crippen LogP contribution in [0.1, 0.15) is 34.3 Å². The number of aromatic nitrogens is 1. The fraction of sp³-hybridized carbons (Fsp3) is 0.414. The molecule has 35 heavy (non-hydrogen) atoms. The number of piperazine rings is 1. The van der Waals surface area contributed by atoms with Crippen LogP contribution in [-0.4, -0.2) is 77.8 Å². The van der Waals surface area contributed by atoms with Gasteiger partial charge in [-0.1, -0.05) is 42.0 Å². The van der Waals surface area contributed by atoms with E-state index < -0.39 is 0 Å². The van der Waals surface area contributed by atoms with E-state index in [2.05, 4.69) is 44.0 Å². The Morgan fingerprint density at radius 1 is 0.857 bits per heavy atom. The molecule has 0 N–H and O–H groups in total. The van der Waals surface area contributed by atoms with Gasteiger partial charge in [0.25, 0.3) is 5.91 Å². The second-order valence-corrected chi connectivity index (χ2v) is 10.1. The molecule has 2 aliphatic heterocycles. The van der Waals surface area contributed by atoms with Crippen LogP contribution in [0, 0.1) is 19.8 Å². The van der Waals surface area contributed by atoms with Crippen LogP contribution in [0.5, 0.6) is 0 Å². The Labute approximate surface area is 207 Å². The van der Waals surface area contributed by atoms with Gasteiger partial charge in [-0.25, -0.2) is 4.98 Å². The van der Waals surface area contributed by atoms with Crippen molar-refractivity contribution in [1.29, 1.82) is 0 Å². The monoisotopic (exact) mass is 470 g/mol. The van der Waals surface area contributed by atoms with Gasteiger partial charge in [-0.2, -0.15) is 0 Å². The molecule has 2 saturated heterocycles. The van der Waals surface area contributed by atoms with Gasteiger partial charge in [0, 0.05) is 56.1 Å². The van der Waals surface area contributed by atoms with Crippen LogP contribution in [0.2, 0.25) is 0 Å². The number of rotatable bonds is 3. The Bertz CT molecular complexity index is 1250. The summed E-state index contributed by atoms with van der Waals surface area (Å²) < 4.78 is 0. The van der Waals surface area contributed by atoms with E-state index in [0.717, 1.165) is 66.7 Å². The van der Waals surface area contributed by atoms with Gasteiger partial charge in [0.2, 0.25) is 5.91 Å². The number of nitrogens with zero attached hydrogens (tertiary/aromatic N) is 4. The van der Waals surface area contributed by atoms with Gasteiger partial charge >= 0.3 is 0 Å². The predicted molar refractivity (Wildman–Crippen MR) is 139 cm³/mol. The van der Waals surface area contributed by atoms with Gasteiger partial charge in [-0.3, -0.25) is 9.59 Å². The van der Waals surface area contributed by atoms with E-state index in [4.69, 9.17) is 4.98 Å². The predicted octanol–water partition coefficient (Wildman–Crippen LogP) is 4.14. The number of carbonyl (C=O) groups excluding carboxylic acids is 2. The number of hydrogen-bond donors (Lipinski definition) is 0. The fourth-order valence-corrected chi connectivity index (χ4v) is 5.38. The van der Waals surface area contributed by atoms with Crippen molar-refractivity contribution in [2.24, 2.45) is 5.92 Å². The molecule has 2 amide bonds. The zero-order chi connectivity index (χ0) is 24.5. The molecular weight excluding hydrogens is 436 g/mol. The average molecular weight is 471 g/mol. The standard InChI is InChI=1S/C29H34N4O2/c1-20-8-9-23(21(2)18-20)27-19-25(24-6-4-5-7-26(24)30-27)29(35)32-12-10-22(11-13-32)28(34)33-16-14-31(3)15-17-33/h4-9,18-19,22H,10-17H2,1-3H3. The van der Waals surface area contributed by atoms with Crippen molar-refractivity contribution in [3.8, 4) is 11.3 Å². The highest BCUT2D eigenvalue weighted by atomic mass is 16.2. The average Bonchev–Trinajstić information content (AvgIpc) is 2.88. The lowest BCUT2D eigenvalue weighted by atomic mass is 9.93. The molecule has 2 aromatic carbocycles. The molecular formula is C29H34N4O2. The number of fused-ring (bicyclic) bond motifs is 1. The molecule has 6 nitrogen and oxygen atoms in total. The summed E-state index contributed by atoms with van der Waals surface area (Å²) in [7, 11) is 2.10. The van der Waals surface area contributed by atoms with E-state index >= 15 is 0 Å². The topological polar surface area (TPSA) is 56.8 Å². The van der Waals surface area contributed by atoms with Crippen LogP contribution in [0.15, 0.2) is 48.5 Å². The second kappa shape index (κ2) is 9.78. The maximum Gasteiger partial charge on any atom is 0.254 e. The molecule has 0 spiro atoms. The van der Waals surface area contributed by atoms with Crippen LogP contribution < -0.4 is 0 Å². The van der Waals surface area contributed by atoms with E-state index in [9.17, 15) is 9.59 Å². The summed E-state index contributed by atoms with van der Waals surface area (Å²) in [6.07, 6.45) is 1.45. The number of piperidine rings is 1. The molecule has 5 rings (SSSR count). The molecule has 0 aliphatic carbocycles. The molecule has 2 fully saturated rings. The number of likely N-dealkylation sites (N-methyl/N-ethyl adjacent to an activating group) is 1. The van der Waals surface area contributed by atoms with E-state index in [0.29, 0.717) is 18.7 Å². The number of likely N-dealkylation sites (tertiary alicyclic amines) is 1. The van der Waals surface area contributed by atoms with Gasteiger partial charge in [0.1, 0.15) is 0 Å². The largest absolute Gasteiger partial charge is 0.340 e. The number of hydrogen-bond acceptors (Lipinski definition) is 4. The van der Waals surface area contributed by atoms with Crippen LogP contribution in [-0.2, 0) is 4.79 Å². The van der Waals surface area contributed by atoms with E-state index in [-0.39, 0.29) is 17.7 Å². The Morgan fingerprint density at radius 3 is 2.29 bits per heavy atom. The molecule has 0 radical (unpaired) electrons. The van der Waals surface area contributed by atoms with E-state index in [1.54, 1.807) is 0 Å². The number of pyridine rings is 1. The third kappa shape index (κ3) is 4.80. The normalized spacial score (nSPS) is 17.7. The van der Waals surface area contributed by atoms with E-state index in [1.165, 1.54) is 5.56 Å². The summed E-state index contributed by atoms with van der Waals surface area (Å²) in [6.45, 7) is 8.86. The smallest absolute Gasteiger partial charge is 0.254 e. The minimum atomic E-state index is 0.0161. The van der Waals surface area contributed by atoms with Crippen molar-refractivity contribution < 1.29 is 9.59 Å². The van der Waals surface area contributed by atoms with Crippen molar-refractivity contribution in [2.75, 3.05) is 46.3 Å². The quantitative estimate of drug-likeness (QED) is 0.577. The van der Waals surface area contributed by atoms with Crippen LogP contribution in [0.4, 0.5) is 0 Å². The lowest BCUT2D eigenvalue weighted by molar-refractivity contribution is -0.138. The second-order valence-electron chi connectivity index (χ2n) is 10.1. The summed E-state index contributed by atoms with van der Waals surface area (Å²) in [5.74, 6) is 0.305. The summed E-state index contributed by atoms with van der Waals surface area (Å²) >= 11 is 0. The van der Waals surface area contributed by atoms with Crippen LogP contribution >= 0.6 is 0 Å². The first-order chi connectivity index (χ1) is 16.9. The first-order valence-electron chi connectivity index (χ1n) is 12.6. The number of benzene rings is 2. The Hall–Kier alpha value is -3.25. The third-order valence-electron chi connectivity index (χ3n) is 7.55. The maximum atomic E-state index is 13.7. The molecule has 0 saturated carbocycles. The van der Waals surface area contributed by atoms with E-state index in [1.807, 2.05) is 40.1 Å². The van der Waals surface area contributed by atoms with Gasteiger partial charge in [0.15, 0.2) is 0 Å². The van der Waals surface area contributed by atoms with Gasteiger partial charge in [0.05, 0.1) is 16.8 Å². The highest BCUT2D eigenvalue weighted by Gasteiger charge is 2.32. The van der Waals surface area contributed by atoms with Crippen LogP contribution in [0.3, 0.4) is 0 Å². The first-order valence-corrected chi connectivity index (χ1v) is 12.6. The van der Waals surface area contributed by atoms with Crippen molar-refractivity contribution in [1.82, 2.24) is 19.7 Å². The molecule has 0 unspecified atom stereocenters. The summed E-state index contributed by atoms with van der Waals surface area (Å²) in [5.41, 5.74) is 5.74. The SMILES string of the molecule is Cc1ccc(-c2cc(C(=O)N3CCC(C(=O)N4CCN(C)CC4)CC3)c3ccccc3n2)c(C)c1. The Balaban J connectivity index is 1.37. The van der Waals surface area contributed by atoms with Gasteiger partial charge in [-0.05, 0) is 51.4 Å². The highest BCUT2D eigenvalue weighted by molar-refractivity contribution is 6.07. The zero-order valence-electron chi connectivity index (χ0n) is 21.0. The minimum Gasteiger partial charge on any atom is -0.340 e. The van der Waals surface area contributed by atoms with Crippen molar-refractivity contribution in [2.45, 2.75) is 26.7 Å². The van der Waals surface area contributed by atoms with Crippen LogP contribution in [0.25, 0.3) is 22.2 Å². The highest BCUT2D eigenvalue weighted by Crippen LogP contribution is 2.30. The molecule has 0 bridgehead atoms. The van der Waals surface area contributed by atoms with Gasteiger partial charge < -0.3 is 14.7 Å². The molecule has 182 valence electrons. The molecule has 1 aromatic heterocycles. The fourth-order valence-electron chi connectivity index (χ4n) is 5.38. The number of carbonyl (C=O) groups is 2. The van der Waals surface area contributed by atoms with Gasteiger partial charge in [-0.15, -0.1) is 0 Å². The Kier molecular flexibility index (Phi) is 6.56. The van der Waals surface area contributed by atoms with Crippen molar-refractivity contribution in [3.05, 3.63) is 65.2 Å². The molecule has 3 heterocycles. The minimum absolute atomic E-state index is 0.0161. The lowest BCUT2D eigenvalue weighted by Crippen LogP contribution is -2.51. The van der Waals surface area contributed by atoms with Crippen molar-refractivity contribution in [3.63, 3.8) is 0 Å². The molecule has 0 atom stereocenters. The maximum absolute atomic E-state index is 13.7.